The number of aliphatic carboxylic acids is 1. The summed E-state index contributed by atoms with van der Waals surface area (Å²) >= 11 is 1.43. The molecule has 0 bridgehead atoms. The van der Waals surface area contributed by atoms with Crippen molar-refractivity contribution < 1.29 is 14.7 Å². The van der Waals surface area contributed by atoms with Gasteiger partial charge >= 0.3 is 5.97 Å². The molecule has 0 aromatic carbocycles. The first-order valence-corrected chi connectivity index (χ1v) is 7.14. The fourth-order valence-corrected chi connectivity index (χ4v) is 2.85. The zero-order valence-electron chi connectivity index (χ0n) is 10.8. The van der Waals surface area contributed by atoms with Crippen LogP contribution >= 0.6 is 11.3 Å². The smallest absolute Gasteiger partial charge is 0.305 e. The zero-order valence-corrected chi connectivity index (χ0v) is 11.6. The molecule has 5 nitrogen and oxygen atoms in total. The van der Waals surface area contributed by atoms with Crippen LogP contribution in [-0.2, 0) is 9.59 Å². The number of carboxylic acids is 1. The van der Waals surface area contributed by atoms with E-state index in [0.29, 0.717) is 0 Å². The second kappa shape index (κ2) is 5.30. The van der Waals surface area contributed by atoms with E-state index >= 15 is 0 Å². The van der Waals surface area contributed by atoms with Crippen LogP contribution in [-0.4, -0.2) is 22.5 Å². The number of hydrogen-bond acceptors (Lipinski definition) is 4. The molecule has 1 heterocycles. The van der Waals surface area contributed by atoms with Gasteiger partial charge in [-0.15, -0.1) is 11.3 Å². The molecule has 1 aliphatic carbocycles. The molecular weight excluding hydrogens is 264 g/mol. The first kappa shape index (κ1) is 14.0. The van der Waals surface area contributed by atoms with Gasteiger partial charge in [0, 0.05) is 4.88 Å². The molecule has 19 heavy (non-hydrogen) atoms. The molecule has 1 amide bonds. The van der Waals surface area contributed by atoms with Crippen molar-refractivity contribution in [1.82, 2.24) is 5.32 Å². The van der Waals surface area contributed by atoms with Crippen LogP contribution < -0.4 is 11.1 Å². The molecule has 4 N–H and O–H groups in total. The minimum absolute atomic E-state index is 0.132. The van der Waals surface area contributed by atoms with Crippen molar-refractivity contribution in [3.63, 3.8) is 0 Å². The minimum Gasteiger partial charge on any atom is -0.481 e. The van der Waals surface area contributed by atoms with Crippen molar-refractivity contribution in [2.45, 2.75) is 37.8 Å². The summed E-state index contributed by atoms with van der Waals surface area (Å²) in [7, 11) is 0. The summed E-state index contributed by atoms with van der Waals surface area (Å²) in [6.45, 7) is 1.71. The van der Waals surface area contributed by atoms with Crippen LogP contribution in [0.1, 0.15) is 37.1 Å². The summed E-state index contributed by atoms with van der Waals surface area (Å²) in [6, 6.07) is 3.15. The topological polar surface area (TPSA) is 92.4 Å². The number of carbonyl (C=O) groups is 2. The number of thiophene rings is 1. The second-order valence-corrected chi connectivity index (χ2v) is 6.18. The predicted molar refractivity (Wildman–Crippen MR) is 72.8 cm³/mol. The lowest BCUT2D eigenvalue weighted by Crippen LogP contribution is -2.54. The maximum atomic E-state index is 12.2. The molecule has 1 fully saturated rings. The molecule has 6 heteroatoms. The Balaban J connectivity index is 2.07. The van der Waals surface area contributed by atoms with Gasteiger partial charge < -0.3 is 16.2 Å². The van der Waals surface area contributed by atoms with Crippen LogP contribution in [0, 0.1) is 5.92 Å². The Bertz CT molecular complexity index is 466. The number of nitrogens with one attached hydrogen (secondary N) is 1. The standard InChI is InChI=1S/C13H18N2O3S/c1-13(14,8-4-5-8)12(18)15-9(7-11(16)17)10-3-2-6-19-10/h2-3,6,8-9H,4-5,7,14H2,1H3,(H,15,18)(H,16,17). The van der Waals surface area contributed by atoms with Gasteiger partial charge in [0.05, 0.1) is 18.0 Å². The van der Waals surface area contributed by atoms with Crippen molar-refractivity contribution in [2.75, 3.05) is 0 Å². The molecular formula is C13H18N2O3S. The Morgan fingerprint density at radius 1 is 1.63 bits per heavy atom. The summed E-state index contributed by atoms with van der Waals surface area (Å²) < 4.78 is 0. The van der Waals surface area contributed by atoms with Gasteiger partial charge in [-0.3, -0.25) is 9.59 Å². The van der Waals surface area contributed by atoms with E-state index in [1.54, 1.807) is 6.92 Å². The number of amides is 1. The Labute approximate surface area is 115 Å². The minimum atomic E-state index is -0.941. The van der Waals surface area contributed by atoms with Crippen molar-refractivity contribution in [3.05, 3.63) is 22.4 Å². The SMILES string of the molecule is CC(N)(C(=O)NC(CC(=O)O)c1cccs1)C1CC1. The Hall–Kier alpha value is -1.40. The number of carbonyl (C=O) groups excluding carboxylic acids is 1. The van der Waals surface area contributed by atoms with Crippen LogP contribution in [0.15, 0.2) is 17.5 Å². The van der Waals surface area contributed by atoms with Crippen LogP contribution in [0.2, 0.25) is 0 Å². The summed E-state index contributed by atoms with van der Waals surface area (Å²) in [5.74, 6) is -1.00. The molecule has 1 saturated carbocycles. The second-order valence-electron chi connectivity index (χ2n) is 5.20. The van der Waals surface area contributed by atoms with E-state index in [2.05, 4.69) is 5.32 Å². The highest BCUT2D eigenvalue weighted by atomic mass is 32.1. The maximum absolute atomic E-state index is 12.2. The third kappa shape index (κ3) is 3.33. The fraction of sp³-hybridized carbons (Fsp3) is 0.538. The monoisotopic (exact) mass is 282 g/mol. The lowest BCUT2D eigenvalue weighted by Gasteiger charge is -2.26. The lowest BCUT2D eigenvalue weighted by atomic mass is 9.95. The number of rotatable bonds is 6. The highest BCUT2D eigenvalue weighted by Gasteiger charge is 2.44. The van der Waals surface area contributed by atoms with Gasteiger partial charge in [0.25, 0.3) is 0 Å². The maximum Gasteiger partial charge on any atom is 0.305 e. The van der Waals surface area contributed by atoms with E-state index < -0.39 is 17.6 Å². The Morgan fingerprint density at radius 2 is 2.32 bits per heavy atom. The van der Waals surface area contributed by atoms with Gasteiger partial charge in [0.15, 0.2) is 0 Å². The number of nitrogens with two attached hydrogens (primary N) is 1. The van der Waals surface area contributed by atoms with E-state index in [-0.39, 0.29) is 18.2 Å². The quantitative estimate of drug-likeness (QED) is 0.737. The average Bonchev–Trinajstić information content (AvgIpc) is 3.04. The van der Waals surface area contributed by atoms with Crippen LogP contribution in [0.5, 0.6) is 0 Å². The molecule has 1 aromatic rings. The molecule has 1 aromatic heterocycles. The molecule has 2 unspecified atom stereocenters. The van der Waals surface area contributed by atoms with Crippen LogP contribution in [0.4, 0.5) is 0 Å². The molecule has 0 aliphatic heterocycles. The zero-order chi connectivity index (χ0) is 14.0. The summed E-state index contributed by atoms with van der Waals surface area (Å²) in [5.41, 5.74) is 5.13. The fourth-order valence-electron chi connectivity index (χ4n) is 2.07. The normalized spacial score (nSPS) is 19.5. The number of carboxylic acid groups (broad SMARTS) is 1. The van der Waals surface area contributed by atoms with E-state index in [0.717, 1.165) is 17.7 Å². The first-order valence-electron chi connectivity index (χ1n) is 6.26. The highest BCUT2D eigenvalue weighted by Crippen LogP contribution is 2.38. The molecule has 2 atom stereocenters. The summed E-state index contributed by atoms with van der Waals surface area (Å²) in [4.78, 5) is 23.9. The largest absolute Gasteiger partial charge is 0.481 e. The van der Waals surface area contributed by atoms with E-state index in [9.17, 15) is 9.59 Å². The van der Waals surface area contributed by atoms with Gasteiger partial charge in [0.1, 0.15) is 0 Å². The first-order chi connectivity index (χ1) is 8.91. The van der Waals surface area contributed by atoms with Gasteiger partial charge in [-0.2, -0.15) is 0 Å². The molecule has 0 radical (unpaired) electrons. The van der Waals surface area contributed by atoms with E-state index in [1.165, 1.54) is 11.3 Å². The van der Waals surface area contributed by atoms with E-state index in [4.69, 9.17) is 10.8 Å². The molecule has 104 valence electrons. The van der Waals surface area contributed by atoms with Gasteiger partial charge in [-0.1, -0.05) is 6.07 Å². The van der Waals surface area contributed by atoms with Crippen LogP contribution in [0.25, 0.3) is 0 Å². The molecule has 0 saturated heterocycles. The van der Waals surface area contributed by atoms with Crippen LogP contribution in [0.3, 0.4) is 0 Å². The Kier molecular flexibility index (Phi) is 3.91. The third-order valence-electron chi connectivity index (χ3n) is 3.49. The molecule has 1 aliphatic rings. The summed E-state index contributed by atoms with van der Waals surface area (Å²) in [6.07, 6.45) is 1.79. The Morgan fingerprint density at radius 3 is 2.79 bits per heavy atom. The van der Waals surface area contributed by atoms with Crippen molar-refractivity contribution in [2.24, 2.45) is 11.7 Å². The third-order valence-corrected chi connectivity index (χ3v) is 4.47. The summed E-state index contributed by atoms with van der Waals surface area (Å²) in [5, 5.41) is 13.6. The van der Waals surface area contributed by atoms with Gasteiger partial charge in [0.2, 0.25) is 5.91 Å². The highest BCUT2D eigenvalue weighted by molar-refractivity contribution is 7.10. The molecule has 2 rings (SSSR count). The predicted octanol–water partition coefficient (Wildman–Crippen LogP) is 1.51. The van der Waals surface area contributed by atoms with Gasteiger partial charge in [-0.05, 0) is 37.1 Å². The van der Waals surface area contributed by atoms with E-state index in [1.807, 2.05) is 17.5 Å². The van der Waals surface area contributed by atoms with Crippen molar-refractivity contribution in [1.29, 1.82) is 0 Å². The number of hydrogen-bond donors (Lipinski definition) is 3. The molecule has 0 spiro atoms. The van der Waals surface area contributed by atoms with Gasteiger partial charge in [-0.25, -0.2) is 0 Å². The van der Waals surface area contributed by atoms with Crippen molar-refractivity contribution in [3.8, 4) is 0 Å². The average molecular weight is 282 g/mol. The lowest BCUT2D eigenvalue weighted by molar-refractivity contribution is -0.138. The van der Waals surface area contributed by atoms with Crippen molar-refractivity contribution >= 4 is 23.2 Å².